The third-order valence-corrected chi connectivity index (χ3v) is 4.29. The number of anilines is 1. The van der Waals surface area contributed by atoms with E-state index in [0.29, 0.717) is 21.5 Å². The van der Waals surface area contributed by atoms with Crippen molar-refractivity contribution in [3.63, 3.8) is 0 Å². The molecule has 1 atom stereocenters. The Morgan fingerprint density at radius 2 is 1.96 bits per heavy atom. The molecule has 8 heteroatoms. The summed E-state index contributed by atoms with van der Waals surface area (Å²) < 4.78 is 7.45. The molecule has 0 radical (unpaired) electrons. The summed E-state index contributed by atoms with van der Waals surface area (Å²) >= 11 is 11.9. The predicted molar refractivity (Wildman–Crippen MR) is 103 cm³/mol. The lowest BCUT2D eigenvalue weighted by Gasteiger charge is -2.15. The Hall–Kier alpha value is -2.31. The number of nitrogens with zero attached hydrogens (tertiary/aromatic N) is 3. The highest BCUT2D eigenvalue weighted by Crippen LogP contribution is 2.28. The van der Waals surface area contributed by atoms with Crippen LogP contribution in [0.3, 0.4) is 0 Å². The van der Waals surface area contributed by atoms with Gasteiger partial charge in [0.05, 0.1) is 23.1 Å². The van der Waals surface area contributed by atoms with E-state index in [1.807, 2.05) is 24.6 Å². The number of amides is 1. The van der Waals surface area contributed by atoms with Gasteiger partial charge in [-0.15, -0.1) is 0 Å². The third kappa shape index (κ3) is 3.92. The van der Waals surface area contributed by atoms with Crippen molar-refractivity contribution in [2.45, 2.75) is 32.9 Å². The first kappa shape index (κ1) is 18.5. The van der Waals surface area contributed by atoms with Crippen LogP contribution in [0.5, 0.6) is 5.75 Å². The topological polar surface area (TPSA) is 69.0 Å². The third-order valence-electron chi connectivity index (χ3n) is 3.76. The molecule has 1 aromatic carbocycles. The largest absolute Gasteiger partial charge is 0.479 e. The first-order valence-corrected chi connectivity index (χ1v) is 8.86. The number of halogens is 2. The van der Waals surface area contributed by atoms with Crippen molar-refractivity contribution in [2.75, 3.05) is 5.32 Å². The van der Waals surface area contributed by atoms with Crippen LogP contribution >= 0.6 is 23.2 Å². The molecule has 1 amide bonds. The summed E-state index contributed by atoms with van der Waals surface area (Å²) in [5, 5.41) is 8.81. The Morgan fingerprint density at radius 1 is 1.19 bits per heavy atom. The summed E-state index contributed by atoms with van der Waals surface area (Å²) in [4.78, 5) is 16.8. The summed E-state index contributed by atoms with van der Waals surface area (Å²) in [5.74, 6) is 0.0823. The summed E-state index contributed by atoms with van der Waals surface area (Å²) in [5.41, 5.74) is 1.35. The van der Waals surface area contributed by atoms with Crippen molar-refractivity contribution < 1.29 is 9.53 Å². The first-order valence-electron chi connectivity index (χ1n) is 8.11. The van der Waals surface area contributed by atoms with Crippen LogP contribution in [0.15, 0.2) is 36.7 Å². The van der Waals surface area contributed by atoms with Crippen molar-refractivity contribution in [3.8, 4) is 5.75 Å². The Kier molecular flexibility index (Phi) is 5.34. The minimum absolute atomic E-state index is 0.206. The van der Waals surface area contributed by atoms with Gasteiger partial charge in [-0.05, 0) is 45.0 Å². The van der Waals surface area contributed by atoms with Crippen LogP contribution in [0.4, 0.5) is 5.69 Å². The Morgan fingerprint density at radius 3 is 2.65 bits per heavy atom. The summed E-state index contributed by atoms with van der Waals surface area (Å²) in [6.45, 7) is 5.71. The standard InChI is InChI=1S/C18H18Cl2N4O2/c1-10(2)24-17-12(8-22-24)6-14(9-21-17)23-18(25)11(3)26-16-5-4-13(19)7-15(16)20/h4-11H,1-3H3,(H,23,25)/t11-/m0/s1. The molecule has 0 bridgehead atoms. The fraction of sp³-hybridized carbons (Fsp3) is 0.278. The number of hydrogen-bond donors (Lipinski definition) is 1. The van der Waals surface area contributed by atoms with E-state index in [1.165, 1.54) is 0 Å². The number of ether oxygens (including phenoxy) is 1. The van der Waals surface area contributed by atoms with E-state index >= 15 is 0 Å². The van der Waals surface area contributed by atoms with Gasteiger partial charge in [0.15, 0.2) is 11.8 Å². The highest BCUT2D eigenvalue weighted by atomic mass is 35.5. The second-order valence-electron chi connectivity index (χ2n) is 6.14. The highest BCUT2D eigenvalue weighted by Gasteiger charge is 2.17. The maximum atomic E-state index is 12.4. The molecule has 0 saturated carbocycles. The fourth-order valence-corrected chi connectivity index (χ4v) is 2.90. The van der Waals surface area contributed by atoms with Crippen molar-refractivity contribution in [3.05, 3.63) is 46.7 Å². The molecule has 3 rings (SSSR count). The van der Waals surface area contributed by atoms with Gasteiger partial charge in [-0.1, -0.05) is 23.2 Å². The van der Waals surface area contributed by atoms with E-state index in [9.17, 15) is 4.79 Å². The number of fused-ring (bicyclic) bond motifs is 1. The molecule has 0 spiro atoms. The number of hydrogen-bond acceptors (Lipinski definition) is 4. The summed E-state index contributed by atoms with van der Waals surface area (Å²) in [6, 6.07) is 6.87. The maximum absolute atomic E-state index is 12.4. The molecule has 0 saturated heterocycles. The molecular formula is C18H18Cl2N4O2. The molecule has 136 valence electrons. The van der Waals surface area contributed by atoms with Gasteiger partial charge in [0.2, 0.25) is 0 Å². The van der Waals surface area contributed by atoms with Crippen LogP contribution in [0, 0.1) is 0 Å². The molecule has 26 heavy (non-hydrogen) atoms. The molecule has 6 nitrogen and oxygen atoms in total. The number of carbonyl (C=O) groups is 1. The molecule has 0 aliphatic rings. The van der Waals surface area contributed by atoms with Gasteiger partial charge >= 0.3 is 0 Å². The maximum Gasteiger partial charge on any atom is 0.265 e. The number of rotatable bonds is 5. The van der Waals surface area contributed by atoms with Crippen LogP contribution in [0.2, 0.25) is 10.0 Å². The quantitative estimate of drug-likeness (QED) is 0.681. The fourth-order valence-electron chi connectivity index (χ4n) is 2.44. The van der Waals surface area contributed by atoms with Gasteiger partial charge < -0.3 is 10.1 Å². The van der Waals surface area contributed by atoms with E-state index in [1.54, 1.807) is 37.5 Å². The first-order chi connectivity index (χ1) is 12.3. The lowest BCUT2D eigenvalue weighted by Crippen LogP contribution is -2.30. The van der Waals surface area contributed by atoms with Crippen LogP contribution in [-0.4, -0.2) is 26.8 Å². The van der Waals surface area contributed by atoms with Gasteiger partial charge in [0.25, 0.3) is 5.91 Å². The molecule has 3 aromatic rings. The van der Waals surface area contributed by atoms with Crippen molar-refractivity contribution >= 4 is 45.8 Å². The molecule has 0 aliphatic heterocycles. The average Bonchev–Trinajstić information content (AvgIpc) is 3.00. The molecule has 2 heterocycles. The van der Waals surface area contributed by atoms with Crippen LogP contribution in [0.25, 0.3) is 11.0 Å². The molecule has 0 unspecified atom stereocenters. The zero-order chi connectivity index (χ0) is 18.8. The number of pyridine rings is 1. The van der Waals surface area contributed by atoms with Gasteiger partial charge in [0.1, 0.15) is 5.75 Å². The zero-order valence-corrected chi connectivity index (χ0v) is 16.0. The van der Waals surface area contributed by atoms with Crippen molar-refractivity contribution in [1.82, 2.24) is 14.8 Å². The van der Waals surface area contributed by atoms with Gasteiger partial charge in [-0.2, -0.15) is 5.10 Å². The van der Waals surface area contributed by atoms with Crippen molar-refractivity contribution in [2.24, 2.45) is 0 Å². The smallest absolute Gasteiger partial charge is 0.265 e. The Labute approximate surface area is 161 Å². The second-order valence-corrected chi connectivity index (χ2v) is 6.99. The van der Waals surface area contributed by atoms with E-state index in [-0.39, 0.29) is 11.9 Å². The van der Waals surface area contributed by atoms with Gasteiger partial charge in [0, 0.05) is 16.5 Å². The molecule has 0 aliphatic carbocycles. The average molecular weight is 393 g/mol. The Balaban J connectivity index is 1.71. The van der Waals surface area contributed by atoms with Gasteiger partial charge in [-0.3, -0.25) is 4.79 Å². The van der Waals surface area contributed by atoms with Crippen LogP contribution in [0.1, 0.15) is 26.8 Å². The number of benzene rings is 1. The monoisotopic (exact) mass is 392 g/mol. The van der Waals surface area contributed by atoms with E-state index in [4.69, 9.17) is 27.9 Å². The zero-order valence-electron chi connectivity index (χ0n) is 14.5. The summed E-state index contributed by atoms with van der Waals surface area (Å²) in [7, 11) is 0. The minimum Gasteiger partial charge on any atom is -0.479 e. The van der Waals surface area contributed by atoms with Crippen LogP contribution < -0.4 is 10.1 Å². The van der Waals surface area contributed by atoms with Crippen molar-refractivity contribution in [1.29, 1.82) is 0 Å². The predicted octanol–water partition coefficient (Wildman–Crippen LogP) is 4.73. The minimum atomic E-state index is -0.747. The van der Waals surface area contributed by atoms with E-state index in [2.05, 4.69) is 15.4 Å². The number of nitrogens with one attached hydrogen (secondary N) is 1. The van der Waals surface area contributed by atoms with Gasteiger partial charge in [-0.25, -0.2) is 9.67 Å². The number of carbonyl (C=O) groups excluding carboxylic acids is 1. The molecule has 1 N–H and O–H groups in total. The lowest BCUT2D eigenvalue weighted by atomic mass is 10.3. The number of aromatic nitrogens is 3. The SMILES string of the molecule is CC(C)n1ncc2cc(NC(=O)[C@H](C)Oc3ccc(Cl)cc3Cl)cnc21. The molecular weight excluding hydrogens is 375 g/mol. The summed E-state index contributed by atoms with van der Waals surface area (Å²) in [6.07, 6.45) is 2.58. The Bertz CT molecular complexity index is 956. The molecule has 2 aromatic heterocycles. The lowest BCUT2D eigenvalue weighted by molar-refractivity contribution is -0.122. The highest BCUT2D eigenvalue weighted by molar-refractivity contribution is 6.35. The molecule has 0 fully saturated rings. The second kappa shape index (κ2) is 7.51. The van der Waals surface area contributed by atoms with E-state index < -0.39 is 6.10 Å². The normalized spacial score (nSPS) is 12.4. The van der Waals surface area contributed by atoms with Crippen LogP contribution in [-0.2, 0) is 4.79 Å². The van der Waals surface area contributed by atoms with E-state index in [0.717, 1.165) is 11.0 Å².